The molecular weight excluding hydrogens is 318 g/mol. The molecule has 1 aliphatic heterocycles. The van der Waals surface area contributed by atoms with Crippen LogP contribution in [0.2, 0.25) is 0 Å². The number of piperidine rings is 1. The molecule has 128 valence electrons. The van der Waals surface area contributed by atoms with E-state index in [0.717, 1.165) is 31.5 Å². The molecule has 1 aromatic rings. The third-order valence-electron chi connectivity index (χ3n) is 4.09. The van der Waals surface area contributed by atoms with E-state index in [0.29, 0.717) is 6.54 Å². The van der Waals surface area contributed by atoms with Gasteiger partial charge in [0.05, 0.1) is 4.92 Å². The summed E-state index contributed by atoms with van der Waals surface area (Å²) < 4.78 is 0. The lowest BCUT2D eigenvalue weighted by molar-refractivity contribution is -0.384. The van der Waals surface area contributed by atoms with E-state index < -0.39 is 4.92 Å². The maximum Gasteiger partial charge on any atom is 0.269 e. The SMILES string of the molecule is CC(C)N(Cc1ccc([N+](=O)[O-])cc1)C(=O)C1CCNCC1.Cl. The summed E-state index contributed by atoms with van der Waals surface area (Å²) in [4.78, 5) is 24.9. The number of nitro benzene ring substituents is 1. The molecule has 0 saturated carbocycles. The minimum Gasteiger partial charge on any atom is -0.336 e. The van der Waals surface area contributed by atoms with Crippen LogP contribution >= 0.6 is 12.4 Å². The van der Waals surface area contributed by atoms with Crippen molar-refractivity contribution >= 4 is 24.0 Å². The Morgan fingerprint density at radius 3 is 2.35 bits per heavy atom. The number of carbonyl (C=O) groups excluding carboxylic acids is 1. The molecule has 1 saturated heterocycles. The topological polar surface area (TPSA) is 75.5 Å². The number of halogens is 1. The number of nitrogens with zero attached hydrogens (tertiary/aromatic N) is 2. The molecule has 6 nitrogen and oxygen atoms in total. The summed E-state index contributed by atoms with van der Waals surface area (Å²) in [6, 6.07) is 6.54. The second-order valence-corrected chi connectivity index (χ2v) is 6.01. The van der Waals surface area contributed by atoms with Gasteiger partial charge >= 0.3 is 0 Å². The maximum atomic E-state index is 12.7. The molecule has 1 N–H and O–H groups in total. The number of hydrogen-bond donors (Lipinski definition) is 1. The molecule has 0 spiro atoms. The second-order valence-electron chi connectivity index (χ2n) is 6.01. The van der Waals surface area contributed by atoms with E-state index in [1.807, 2.05) is 18.7 Å². The van der Waals surface area contributed by atoms with Crippen LogP contribution in [0, 0.1) is 16.0 Å². The Bertz CT molecular complexity index is 528. The van der Waals surface area contributed by atoms with Gasteiger partial charge in [-0.1, -0.05) is 12.1 Å². The zero-order valence-corrected chi connectivity index (χ0v) is 14.3. The number of amides is 1. The summed E-state index contributed by atoms with van der Waals surface area (Å²) >= 11 is 0. The van der Waals surface area contributed by atoms with Crippen LogP contribution in [0.1, 0.15) is 32.3 Å². The molecule has 7 heteroatoms. The summed E-state index contributed by atoms with van der Waals surface area (Å²) in [6.07, 6.45) is 1.75. The molecule has 1 aromatic carbocycles. The molecule has 2 rings (SSSR count). The Kier molecular flexibility index (Phi) is 7.45. The first-order valence-electron chi connectivity index (χ1n) is 7.73. The highest BCUT2D eigenvalue weighted by Crippen LogP contribution is 2.20. The number of rotatable bonds is 5. The molecule has 0 unspecified atom stereocenters. The van der Waals surface area contributed by atoms with Crippen LogP contribution in [0.25, 0.3) is 0 Å². The highest BCUT2D eigenvalue weighted by molar-refractivity contribution is 5.85. The number of non-ortho nitro benzene ring substituents is 1. The number of benzene rings is 1. The van der Waals surface area contributed by atoms with Crippen LogP contribution in [0.5, 0.6) is 0 Å². The number of hydrogen-bond acceptors (Lipinski definition) is 4. The van der Waals surface area contributed by atoms with Crippen LogP contribution in [-0.2, 0) is 11.3 Å². The predicted molar refractivity (Wildman–Crippen MR) is 91.6 cm³/mol. The van der Waals surface area contributed by atoms with Gasteiger partial charge in [-0.25, -0.2) is 0 Å². The van der Waals surface area contributed by atoms with Crippen molar-refractivity contribution in [3.05, 3.63) is 39.9 Å². The third kappa shape index (κ3) is 5.18. The largest absolute Gasteiger partial charge is 0.336 e. The van der Waals surface area contributed by atoms with Gasteiger partial charge < -0.3 is 10.2 Å². The van der Waals surface area contributed by atoms with Crippen molar-refractivity contribution in [2.75, 3.05) is 13.1 Å². The van der Waals surface area contributed by atoms with Gasteiger partial charge in [-0.05, 0) is 45.3 Å². The van der Waals surface area contributed by atoms with Gasteiger partial charge in [0.2, 0.25) is 5.91 Å². The van der Waals surface area contributed by atoms with Gasteiger partial charge in [0.1, 0.15) is 0 Å². The molecule has 1 fully saturated rings. The fourth-order valence-corrected chi connectivity index (χ4v) is 2.74. The molecule has 0 radical (unpaired) electrons. The van der Waals surface area contributed by atoms with Gasteiger partial charge in [-0.3, -0.25) is 14.9 Å². The average Bonchev–Trinajstić information content (AvgIpc) is 2.53. The minimum absolute atomic E-state index is 0. The van der Waals surface area contributed by atoms with E-state index in [4.69, 9.17) is 0 Å². The predicted octanol–water partition coefficient (Wildman–Crippen LogP) is 2.75. The zero-order valence-electron chi connectivity index (χ0n) is 13.5. The van der Waals surface area contributed by atoms with Crippen LogP contribution < -0.4 is 5.32 Å². The van der Waals surface area contributed by atoms with Crippen molar-refractivity contribution in [3.8, 4) is 0 Å². The normalized spacial score (nSPS) is 15.1. The number of carbonyl (C=O) groups is 1. The smallest absolute Gasteiger partial charge is 0.269 e. The lowest BCUT2D eigenvalue weighted by atomic mass is 9.95. The lowest BCUT2D eigenvalue weighted by Gasteiger charge is -2.32. The van der Waals surface area contributed by atoms with E-state index in [1.165, 1.54) is 12.1 Å². The summed E-state index contributed by atoms with van der Waals surface area (Å²) in [5.74, 6) is 0.275. The fourth-order valence-electron chi connectivity index (χ4n) is 2.74. The summed E-state index contributed by atoms with van der Waals surface area (Å²) in [5, 5.41) is 14.0. The van der Waals surface area contributed by atoms with Crippen molar-refractivity contribution in [2.45, 2.75) is 39.3 Å². The molecule has 1 amide bonds. The number of nitrogens with one attached hydrogen (secondary N) is 1. The van der Waals surface area contributed by atoms with Gasteiger partial charge in [0.15, 0.2) is 0 Å². The Morgan fingerprint density at radius 1 is 1.30 bits per heavy atom. The standard InChI is InChI=1S/C16H23N3O3.ClH/c1-12(2)18(16(20)14-7-9-17-10-8-14)11-13-3-5-15(6-4-13)19(21)22;/h3-6,12,14,17H,7-11H2,1-2H3;1H. The first-order valence-corrected chi connectivity index (χ1v) is 7.73. The van der Waals surface area contributed by atoms with Gasteiger partial charge in [0, 0.05) is 30.6 Å². The summed E-state index contributed by atoms with van der Waals surface area (Å²) in [5.41, 5.74) is 0.992. The molecule has 0 aromatic heterocycles. The molecule has 1 heterocycles. The van der Waals surface area contributed by atoms with Gasteiger partial charge in [0.25, 0.3) is 5.69 Å². The molecule has 0 aliphatic carbocycles. The van der Waals surface area contributed by atoms with Gasteiger partial charge in [-0.15, -0.1) is 12.4 Å². The average molecular weight is 342 g/mol. The van der Waals surface area contributed by atoms with Crippen LogP contribution in [-0.4, -0.2) is 34.9 Å². The van der Waals surface area contributed by atoms with E-state index in [2.05, 4.69) is 5.32 Å². The van der Waals surface area contributed by atoms with Crippen LogP contribution in [0.3, 0.4) is 0 Å². The monoisotopic (exact) mass is 341 g/mol. The highest BCUT2D eigenvalue weighted by atomic mass is 35.5. The van der Waals surface area contributed by atoms with E-state index >= 15 is 0 Å². The Balaban J connectivity index is 0.00000264. The molecular formula is C16H24ClN3O3. The Morgan fingerprint density at radius 2 is 1.87 bits per heavy atom. The quantitative estimate of drug-likeness (QED) is 0.660. The van der Waals surface area contributed by atoms with Crippen molar-refractivity contribution in [2.24, 2.45) is 5.92 Å². The van der Waals surface area contributed by atoms with Crippen molar-refractivity contribution in [1.29, 1.82) is 0 Å². The Labute approximate surface area is 142 Å². The highest BCUT2D eigenvalue weighted by Gasteiger charge is 2.27. The second kappa shape index (κ2) is 8.84. The van der Waals surface area contributed by atoms with E-state index in [9.17, 15) is 14.9 Å². The van der Waals surface area contributed by atoms with E-state index in [1.54, 1.807) is 12.1 Å². The molecule has 0 bridgehead atoms. The fraction of sp³-hybridized carbons (Fsp3) is 0.562. The summed E-state index contributed by atoms with van der Waals surface area (Å²) in [6.45, 7) is 6.28. The van der Waals surface area contributed by atoms with Crippen LogP contribution in [0.4, 0.5) is 5.69 Å². The maximum absolute atomic E-state index is 12.7. The third-order valence-corrected chi connectivity index (χ3v) is 4.09. The van der Waals surface area contributed by atoms with Crippen molar-refractivity contribution in [3.63, 3.8) is 0 Å². The molecule has 1 aliphatic rings. The lowest BCUT2D eigenvalue weighted by Crippen LogP contribution is -2.43. The first kappa shape index (κ1) is 19.4. The van der Waals surface area contributed by atoms with Gasteiger partial charge in [-0.2, -0.15) is 0 Å². The minimum atomic E-state index is -0.413. The van der Waals surface area contributed by atoms with Crippen molar-refractivity contribution < 1.29 is 9.72 Å². The van der Waals surface area contributed by atoms with Crippen LogP contribution in [0.15, 0.2) is 24.3 Å². The first-order chi connectivity index (χ1) is 10.5. The molecule has 0 atom stereocenters. The van der Waals surface area contributed by atoms with E-state index in [-0.39, 0.29) is 36.0 Å². The number of nitro groups is 1. The zero-order chi connectivity index (χ0) is 16.1. The Hall–Kier alpha value is -1.66. The molecule has 23 heavy (non-hydrogen) atoms. The summed E-state index contributed by atoms with van der Waals surface area (Å²) in [7, 11) is 0. The van der Waals surface area contributed by atoms with Crippen molar-refractivity contribution in [1.82, 2.24) is 10.2 Å².